The number of carbonyl (C=O) groups is 1. The summed E-state index contributed by atoms with van der Waals surface area (Å²) in [6.07, 6.45) is 2.90. The molecule has 0 aromatic carbocycles. The predicted molar refractivity (Wildman–Crippen MR) is 66.2 cm³/mol. The molecule has 2 aliphatic rings. The van der Waals surface area contributed by atoms with Crippen molar-refractivity contribution in [3.8, 4) is 0 Å². The van der Waals surface area contributed by atoms with Gasteiger partial charge in [-0.3, -0.25) is 4.79 Å². The van der Waals surface area contributed by atoms with Crippen LogP contribution in [0, 0.1) is 11.8 Å². The predicted octanol–water partition coefficient (Wildman–Crippen LogP) is 0.414. The van der Waals surface area contributed by atoms with E-state index in [-0.39, 0.29) is 12.0 Å². The minimum atomic E-state index is -3.68. The van der Waals surface area contributed by atoms with Gasteiger partial charge in [0.15, 0.2) is 0 Å². The van der Waals surface area contributed by atoms with Crippen LogP contribution in [0.1, 0.15) is 33.1 Å². The van der Waals surface area contributed by atoms with Gasteiger partial charge in [-0.2, -0.15) is 17.4 Å². The van der Waals surface area contributed by atoms with Crippen LogP contribution in [-0.2, 0) is 15.0 Å². The van der Waals surface area contributed by atoms with Gasteiger partial charge in [-0.05, 0) is 31.1 Å². The Hall–Kier alpha value is -0.660. The number of aliphatic carboxylic acids is 1. The zero-order chi connectivity index (χ0) is 13.5. The van der Waals surface area contributed by atoms with Gasteiger partial charge >= 0.3 is 5.97 Å². The fraction of sp³-hybridized carbons (Fsp3) is 0.909. The van der Waals surface area contributed by atoms with E-state index in [0.29, 0.717) is 12.5 Å². The second kappa shape index (κ2) is 4.79. The van der Waals surface area contributed by atoms with Crippen molar-refractivity contribution in [1.82, 2.24) is 9.03 Å². The molecule has 0 amide bonds. The molecule has 3 unspecified atom stereocenters. The van der Waals surface area contributed by atoms with E-state index in [9.17, 15) is 13.2 Å². The average Bonchev–Trinajstić information content (AvgIpc) is 2.86. The molecule has 6 nitrogen and oxygen atoms in total. The number of fused-ring (bicyclic) bond motifs is 2. The molecule has 1 saturated heterocycles. The first-order valence-electron chi connectivity index (χ1n) is 6.33. The van der Waals surface area contributed by atoms with Gasteiger partial charge < -0.3 is 5.11 Å². The summed E-state index contributed by atoms with van der Waals surface area (Å²) >= 11 is 0. The first kappa shape index (κ1) is 13.8. The maximum absolute atomic E-state index is 12.2. The number of carboxylic acids is 1. The highest BCUT2D eigenvalue weighted by Crippen LogP contribution is 2.38. The largest absolute Gasteiger partial charge is 0.480 e. The third-order valence-electron chi connectivity index (χ3n) is 3.88. The Balaban J connectivity index is 2.09. The standard InChI is InChI=1S/C11H20N2O4S/c1-7(2)10(11(14)15)12-18(16,17)13-6-8-3-4-9(13)5-8/h7-10,12H,3-6H2,1-2H3,(H,14,15). The van der Waals surface area contributed by atoms with Gasteiger partial charge in [-0.15, -0.1) is 0 Å². The van der Waals surface area contributed by atoms with E-state index >= 15 is 0 Å². The van der Waals surface area contributed by atoms with Gasteiger partial charge in [0, 0.05) is 12.6 Å². The quantitative estimate of drug-likeness (QED) is 0.761. The molecular formula is C11H20N2O4S. The molecule has 0 aromatic heterocycles. The average molecular weight is 276 g/mol. The van der Waals surface area contributed by atoms with E-state index in [4.69, 9.17) is 5.11 Å². The van der Waals surface area contributed by atoms with Crippen molar-refractivity contribution >= 4 is 16.2 Å². The van der Waals surface area contributed by atoms with Crippen LogP contribution < -0.4 is 4.72 Å². The SMILES string of the molecule is CC(C)C(NS(=O)(=O)N1CC2CCC1C2)C(=O)O. The van der Waals surface area contributed by atoms with E-state index in [2.05, 4.69) is 4.72 Å². The Kier molecular flexibility index (Phi) is 3.66. The highest BCUT2D eigenvalue weighted by molar-refractivity contribution is 7.87. The third-order valence-corrected chi connectivity index (χ3v) is 5.49. The number of hydrogen-bond donors (Lipinski definition) is 2. The van der Waals surface area contributed by atoms with Crippen molar-refractivity contribution in [2.75, 3.05) is 6.54 Å². The molecule has 1 saturated carbocycles. The maximum Gasteiger partial charge on any atom is 0.322 e. The monoisotopic (exact) mass is 276 g/mol. The molecule has 18 heavy (non-hydrogen) atoms. The van der Waals surface area contributed by atoms with Gasteiger partial charge in [0.1, 0.15) is 6.04 Å². The van der Waals surface area contributed by atoms with Gasteiger partial charge in [0.25, 0.3) is 10.2 Å². The smallest absolute Gasteiger partial charge is 0.322 e. The second-order valence-corrected chi connectivity index (χ2v) is 7.24. The molecule has 1 aliphatic heterocycles. The number of hydrogen-bond acceptors (Lipinski definition) is 3. The number of piperidine rings is 1. The van der Waals surface area contributed by atoms with Crippen LogP contribution in [0.4, 0.5) is 0 Å². The summed E-state index contributed by atoms with van der Waals surface area (Å²) in [5, 5.41) is 9.04. The molecule has 1 aliphatic carbocycles. The topological polar surface area (TPSA) is 86.7 Å². The molecule has 2 rings (SSSR count). The summed E-state index contributed by atoms with van der Waals surface area (Å²) in [7, 11) is -3.68. The van der Waals surface area contributed by atoms with Gasteiger partial charge in [0.2, 0.25) is 0 Å². The Morgan fingerprint density at radius 1 is 1.39 bits per heavy atom. The summed E-state index contributed by atoms with van der Waals surface area (Å²) in [5.74, 6) is -0.955. The van der Waals surface area contributed by atoms with Crippen LogP contribution in [0.25, 0.3) is 0 Å². The lowest BCUT2D eigenvalue weighted by molar-refractivity contribution is -0.140. The van der Waals surface area contributed by atoms with Crippen molar-refractivity contribution < 1.29 is 18.3 Å². The third kappa shape index (κ3) is 2.53. The van der Waals surface area contributed by atoms with Crippen molar-refractivity contribution in [2.24, 2.45) is 11.8 Å². The van der Waals surface area contributed by atoms with E-state index in [1.54, 1.807) is 13.8 Å². The molecule has 3 atom stereocenters. The first-order chi connectivity index (χ1) is 8.31. The number of rotatable bonds is 5. The van der Waals surface area contributed by atoms with Crippen LogP contribution >= 0.6 is 0 Å². The number of nitrogens with zero attached hydrogens (tertiary/aromatic N) is 1. The van der Waals surface area contributed by atoms with E-state index in [1.165, 1.54) is 4.31 Å². The van der Waals surface area contributed by atoms with E-state index < -0.39 is 22.2 Å². The molecule has 0 aromatic rings. The molecule has 2 N–H and O–H groups in total. The molecular weight excluding hydrogens is 256 g/mol. The Labute approximate surface area is 108 Å². The molecule has 1 heterocycles. The van der Waals surface area contributed by atoms with Gasteiger partial charge in [0.05, 0.1) is 0 Å². The molecule has 0 spiro atoms. The normalized spacial score (nSPS) is 29.9. The van der Waals surface area contributed by atoms with Crippen molar-refractivity contribution in [1.29, 1.82) is 0 Å². The summed E-state index contributed by atoms with van der Waals surface area (Å²) in [5.41, 5.74) is 0. The van der Waals surface area contributed by atoms with Crippen LogP contribution in [0.5, 0.6) is 0 Å². The number of carboxylic acid groups (broad SMARTS) is 1. The van der Waals surface area contributed by atoms with Crippen molar-refractivity contribution in [3.05, 3.63) is 0 Å². The second-order valence-electron chi connectivity index (χ2n) is 5.59. The van der Waals surface area contributed by atoms with Crippen molar-refractivity contribution in [3.63, 3.8) is 0 Å². The summed E-state index contributed by atoms with van der Waals surface area (Å²) in [6, 6.07) is -0.997. The van der Waals surface area contributed by atoms with Crippen molar-refractivity contribution in [2.45, 2.75) is 45.2 Å². The van der Waals surface area contributed by atoms with Crippen LogP contribution in [0.3, 0.4) is 0 Å². The van der Waals surface area contributed by atoms with E-state index in [0.717, 1.165) is 19.3 Å². The summed E-state index contributed by atoms with van der Waals surface area (Å²) in [4.78, 5) is 11.0. The lowest BCUT2D eigenvalue weighted by Crippen LogP contribution is -2.52. The summed E-state index contributed by atoms with van der Waals surface area (Å²) < 4.78 is 28.1. The highest BCUT2D eigenvalue weighted by atomic mass is 32.2. The summed E-state index contributed by atoms with van der Waals surface area (Å²) in [6.45, 7) is 3.92. The minimum absolute atomic E-state index is 0.0640. The van der Waals surface area contributed by atoms with Crippen LogP contribution in [0.15, 0.2) is 0 Å². The molecule has 7 heteroatoms. The minimum Gasteiger partial charge on any atom is -0.480 e. The molecule has 104 valence electrons. The highest BCUT2D eigenvalue weighted by Gasteiger charge is 2.44. The molecule has 2 fully saturated rings. The van der Waals surface area contributed by atoms with Crippen LogP contribution in [-0.4, -0.2) is 42.4 Å². The van der Waals surface area contributed by atoms with E-state index in [1.807, 2.05) is 0 Å². The Morgan fingerprint density at radius 3 is 2.44 bits per heavy atom. The fourth-order valence-corrected chi connectivity index (χ4v) is 4.69. The van der Waals surface area contributed by atoms with Gasteiger partial charge in [-0.1, -0.05) is 13.8 Å². The Morgan fingerprint density at radius 2 is 2.06 bits per heavy atom. The fourth-order valence-electron chi connectivity index (χ4n) is 2.87. The zero-order valence-electron chi connectivity index (χ0n) is 10.7. The first-order valence-corrected chi connectivity index (χ1v) is 7.77. The maximum atomic E-state index is 12.2. The molecule has 0 radical (unpaired) electrons. The zero-order valence-corrected chi connectivity index (χ0v) is 11.5. The lowest BCUT2D eigenvalue weighted by atomic mass is 10.1. The lowest BCUT2D eigenvalue weighted by Gasteiger charge is -2.28. The van der Waals surface area contributed by atoms with Gasteiger partial charge in [-0.25, -0.2) is 0 Å². The number of nitrogens with one attached hydrogen (secondary N) is 1. The Bertz CT molecular complexity index is 434. The molecule has 2 bridgehead atoms. The van der Waals surface area contributed by atoms with Crippen LogP contribution in [0.2, 0.25) is 0 Å².